The molecule has 25 heavy (non-hydrogen) atoms. The molecule has 0 spiro atoms. The minimum Gasteiger partial charge on any atom is -0.379 e. The highest BCUT2D eigenvalue weighted by Crippen LogP contribution is 2.20. The van der Waals surface area contributed by atoms with Gasteiger partial charge in [0.1, 0.15) is 10.6 Å². The van der Waals surface area contributed by atoms with Gasteiger partial charge < -0.3 is 14.6 Å². The first-order chi connectivity index (χ1) is 11.7. The molecule has 1 aromatic heterocycles. The number of carbonyl (C=O) groups excluding carboxylic acids is 1. The third-order valence-electron chi connectivity index (χ3n) is 4.37. The lowest BCUT2D eigenvalue weighted by Crippen LogP contribution is -2.40. The SMILES string of the molecule is CC(C)CC[C@@H](C)NC(=O)c1cc(S(=O)(=O)N2CCOCC2)cn1C. The third-order valence-corrected chi connectivity index (χ3v) is 6.24. The van der Waals surface area contributed by atoms with Gasteiger partial charge >= 0.3 is 0 Å². The van der Waals surface area contributed by atoms with Crippen LogP contribution in [0.25, 0.3) is 0 Å². The van der Waals surface area contributed by atoms with Crippen LogP contribution in [0, 0.1) is 5.92 Å². The highest BCUT2D eigenvalue weighted by molar-refractivity contribution is 7.89. The summed E-state index contributed by atoms with van der Waals surface area (Å²) in [5.41, 5.74) is 0.350. The number of rotatable bonds is 7. The van der Waals surface area contributed by atoms with E-state index in [1.165, 1.54) is 16.6 Å². The Balaban J connectivity index is 2.09. The van der Waals surface area contributed by atoms with Crippen LogP contribution in [0.3, 0.4) is 0 Å². The minimum atomic E-state index is -3.59. The van der Waals surface area contributed by atoms with Gasteiger partial charge in [0.25, 0.3) is 5.91 Å². The molecule has 0 saturated carbocycles. The predicted octanol–water partition coefficient (Wildman–Crippen LogP) is 1.60. The van der Waals surface area contributed by atoms with Gasteiger partial charge in [-0.2, -0.15) is 4.31 Å². The zero-order valence-corrected chi connectivity index (χ0v) is 16.3. The molecule has 7 nitrogen and oxygen atoms in total. The van der Waals surface area contributed by atoms with Crippen LogP contribution in [0.15, 0.2) is 17.2 Å². The summed E-state index contributed by atoms with van der Waals surface area (Å²) in [5.74, 6) is 0.335. The summed E-state index contributed by atoms with van der Waals surface area (Å²) < 4.78 is 33.6. The highest BCUT2D eigenvalue weighted by Gasteiger charge is 2.29. The first-order valence-corrected chi connectivity index (χ1v) is 10.2. The van der Waals surface area contributed by atoms with Crippen LogP contribution in [0.1, 0.15) is 44.1 Å². The van der Waals surface area contributed by atoms with Gasteiger partial charge in [0.05, 0.1) is 13.2 Å². The van der Waals surface area contributed by atoms with E-state index < -0.39 is 10.0 Å². The van der Waals surface area contributed by atoms with Crippen molar-refractivity contribution in [3.8, 4) is 0 Å². The second kappa shape index (κ2) is 8.33. The molecule has 0 radical (unpaired) electrons. The number of carbonyl (C=O) groups is 1. The van der Waals surface area contributed by atoms with Crippen LogP contribution < -0.4 is 5.32 Å². The van der Waals surface area contributed by atoms with Crippen LogP contribution in [-0.2, 0) is 21.8 Å². The number of morpholine rings is 1. The van der Waals surface area contributed by atoms with Crippen molar-refractivity contribution in [3.63, 3.8) is 0 Å². The van der Waals surface area contributed by atoms with Crippen LogP contribution in [0.4, 0.5) is 0 Å². The number of hydrogen-bond donors (Lipinski definition) is 1. The fourth-order valence-corrected chi connectivity index (χ4v) is 4.27. The molecule has 2 heterocycles. The Labute approximate surface area is 150 Å². The van der Waals surface area contributed by atoms with E-state index in [0.29, 0.717) is 37.9 Å². The molecular weight excluding hydrogens is 342 g/mol. The van der Waals surface area contributed by atoms with E-state index in [4.69, 9.17) is 4.74 Å². The molecule has 1 fully saturated rings. The zero-order chi connectivity index (χ0) is 18.6. The molecule has 1 saturated heterocycles. The fraction of sp³-hybridized carbons (Fsp3) is 0.706. The van der Waals surface area contributed by atoms with E-state index in [0.717, 1.165) is 12.8 Å². The van der Waals surface area contributed by atoms with E-state index in [1.807, 2.05) is 6.92 Å². The summed E-state index contributed by atoms with van der Waals surface area (Å²) >= 11 is 0. The molecule has 1 aromatic rings. The lowest BCUT2D eigenvalue weighted by atomic mass is 10.0. The number of aryl methyl sites for hydroxylation is 1. The van der Waals surface area contributed by atoms with E-state index in [2.05, 4.69) is 19.2 Å². The quantitative estimate of drug-likeness (QED) is 0.789. The molecule has 0 bridgehead atoms. The molecule has 0 aliphatic carbocycles. The van der Waals surface area contributed by atoms with Gasteiger partial charge in [-0.25, -0.2) is 8.42 Å². The summed E-state index contributed by atoms with van der Waals surface area (Å²) in [5, 5.41) is 2.95. The first kappa shape index (κ1) is 19.9. The van der Waals surface area contributed by atoms with Crippen molar-refractivity contribution in [1.29, 1.82) is 0 Å². The maximum Gasteiger partial charge on any atom is 0.268 e. The van der Waals surface area contributed by atoms with Gasteiger partial charge in [-0.05, 0) is 31.7 Å². The van der Waals surface area contributed by atoms with Crippen LogP contribution in [-0.4, -0.2) is 55.5 Å². The number of nitrogens with one attached hydrogen (secondary N) is 1. The summed E-state index contributed by atoms with van der Waals surface area (Å²) in [7, 11) is -1.91. The smallest absolute Gasteiger partial charge is 0.268 e. The Hall–Kier alpha value is -1.38. The van der Waals surface area contributed by atoms with Crippen molar-refractivity contribution < 1.29 is 17.9 Å². The monoisotopic (exact) mass is 371 g/mol. The number of aromatic nitrogens is 1. The highest BCUT2D eigenvalue weighted by atomic mass is 32.2. The van der Waals surface area contributed by atoms with E-state index in [9.17, 15) is 13.2 Å². The van der Waals surface area contributed by atoms with E-state index in [1.54, 1.807) is 11.6 Å². The second-order valence-corrected chi connectivity index (χ2v) is 8.97. The van der Waals surface area contributed by atoms with E-state index in [-0.39, 0.29) is 16.8 Å². The van der Waals surface area contributed by atoms with Gasteiger partial charge in [0.2, 0.25) is 10.0 Å². The average molecular weight is 372 g/mol. The predicted molar refractivity (Wildman–Crippen MR) is 96.0 cm³/mol. The summed E-state index contributed by atoms with van der Waals surface area (Å²) in [6.07, 6.45) is 3.43. The largest absolute Gasteiger partial charge is 0.379 e. The topological polar surface area (TPSA) is 80.6 Å². The van der Waals surface area contributed by atoms with Crippen molar-refractivity contribution in [2.75, 3.05) is 26.3 Å². The number of nitrogens with zero attached hydrogens (tertiary/aromatic N) is 2. The maximum atomic E-state index is 12.7. The standard InChI is InChI=1S/C17H29N3O4S/c1-13(2)5-6-14(3)18-17(21)16-11-15(12-19(16)4)25(22,23)20-7-9-24-10-8-20/h11-14H,5-10H2,1-4H3,(H,18,21)/t14-/m1/s1. The molecule has 0 unspecified atom stereocenters. The molecule has 1 atom stereocenters. The number of hydrogen-bond acceptors (Lipinski definition) is 4. The minimum absolute atomic E-state index is 0.0455. The van der Waals surface area contributed by atoms with Crippen molar-refractivity contribution >= 4 is 15.9 Å². The first-order valence-electron chi connectivity index (χ1n) is 8.77. The molecule has 8 heteroatoms. The van der Waals surface area contributed by atoms with Crippen molar-refractivity contribution in [2.45, 2.75) is 44.6 Å². The van der Waals surface area contributed by atoms with Crippen molar-refractivity contribution in [2.24, 2.45) is 13.0 Å². The van der Waals surface area contributed by atoms with Crippen LogP contribution in [0.2, 0.25) is 0 Å². The molecule has 1 amide bonds. The average Bonchev–Trinajstić information content (AvgIpc) is 2.96. The summed E-state index contributed by atoms with van der Waals surface area (Å²) in [6.45, 7) is 7.73. The van der Waals surface area contributed by atoms with Gasteiger partial charge in [-0.15, -0.1) is 0 Å². The Kier molecular flexibility index (Phi) is 6.65. The molecule has 142 valence electrons. The third kappa shape index (κ3) is 5.05. The Bertz CT molecular complexity index is 691. The lowest BCUT2D eigenvalue weighted by molar-refractivity contribution is 0.0730. The van der Waals surface area contributed by atoms with Gasteiger partial charge in [-0.3, -0.25) is 4.79 Å². The zero-order valence-electron chi connectivity index (χ0n) is 15.5. The van der Waals surface area contributed by atoms with Gasteiger partial charge in [0, 0.05) is 32.4 Å². The normalized spacial score (nSPS) is 17.6. The van der Waals surface area contributed by atoms with Crippen LogP contribution >= 0.6 is 0 Å². The molecule has 1 N–H and O–H groups in total. The van der Waals surface area contributed by atoms with Crippen molar-refractivity contribution in [3.05, 3.63) is 18.0 Å². The summed E-state index contributed by atoms with van der Waals surface area (Å²) in [6, 6.07) is 1.50. The lowest BCUT2D eigenvalue weighted by Gasteiger charge is -2.25. The maximum absolute atomic E-state index is 12.7. The van der Waals surface area contributed by atoms with E-state index >= 15 is 0 Å². The van der Waals surface area contributed by atoms with Gasteiger partial charge in [0.15, 0.2) is 0 Å². The Morgan fingerprint density at radius 3 is 2.48 bits per heavy atom. The Morgan fingerprint density at radius 2 is 1.88 bits per heavy atom. The molecule has 1 aliphatic rings. The molecular formula is C17H29N3O4S. The fourth-order valence-electron chi connectivity index (χ4n) is 2.79. The molecule has 2 rings (SSSR count). The van der Waals surface area contributed by atoms with Crippen molar-refractivity contribution in [1.82, 2.24) is 14.2 Å². The summed E-state index contributed by atoms with van der Waals surface area (Å²) in [4.78, 5) is 12.6. The second-order valence-electron chi connectivity index (χ2n) is 7.03. The Morgan fingerprint density at radius 1 is 1.24 bits per heavy atom. The molecule has 0 aromatic carbocycles. The number of amides is 1. The van der Waals surface area contributed by atoms with Gasteiger partial charge in [-0.1, -0.05) is 13.8 Å². The molecule has 1 aliphatic heterocycles. The number of sulfonamides is 1. The number of ether oxygens (including phenoxy) is 1. The van der Waals surface area contributed by atoms with Crippen LogP contribution in [0.5, 0.6) is 0 Å².